The first-order valence-electron chi connectivity index (χ1n) is 14.4. The molecule has 7 nitrogen and oxygen atoms in total. The lowest BCUT2D eigenvalue weighted by Gasteiger charge is -2.25. The third-order valence-corrected chi connectivity index (χ3v) is 12.3. The third kappa shape index (κ3) is 8.90. The molecule has 0 aliphatic carbocycles. The predicted molar refractivity (Wildman–Crippen MR) is 192 cm³/mol. The average molecular weight is 821 g/mol. The van der Waals surface area contributed by atoms with E-state index < -0.39 is 42.3 Å². The van der Waals surface area contributed by atoms with Gasteiger partial charge in [0.15, 0.2) is 11.6 Å². The van der Waals surface area contributed by atoms with Crippen molar-refractivity contribution in [1.82, 2.24) is 8.61 Å². The highest BCUT2D eigenvalue weighted by Gasteiger charge is 2.31. The van der Waals surface area contributed by atoms with Gasteiger partial charge in [0.25, 0.3) is 0 Å². The molecule has 0 aliphatic rings. The Morgan fingerprint density at radius 2 is 1.02 bits per heavy atom. The van der Waals surface area contributed by atoms with Crippen molar-refractivity contribution in [1.29, 1.82) is 0 Å². The topological polar surface area (TPSA) is 95.0 Å². The van der Waals surface area contributed by atoms with Gasteiger partial charge in [-0.25, -0.2) is 25.6 Å². The molecule has 0 saturated carbocycles. The minimum Gasteiger partial charge on any atom is -0.505 e. The maximum Gasteiger partial charge on any atom is 0.247 e. The van der Waals surface area contributed by atoms with E-state index in [0.717, 1.165) is 14.7 Å². The summed E-state index contributed by atoms with van der Waals surface area (Å²) in [5.74, 6) is -2.08. The molecule has 0 atom stereocenters. The maximum atomic E-state index is 14.2. The highest BCUT2D eigenvalue weighted by atomic mass is 35.5. The number of sulfonamides is 2. The van der Waals surface area contributed by atoms with Gasteiger partial charge in [0, 0.05) is 36.2 Å². The van der Waals surface area contributed by atoms with Crippen LogP contribution in [-0.4, -0.2) is 30.6 Å². The first kappa shape index (κ1) is 38.3. The molecule has 0 amide bonds. The van der Waals surface area contributed by atoms with Gasteiger partial charge < -0.3 is 5.11 Å². The Labute approximate surface area is 313 Å². The number of rotatable bonds is 12. The second-order valence-electron chi connectivity index (χ2n) is 11.1. The summed E-state index contributed by atoms with van der Waals surface area (Å²) in [6.45, 7) is -1.12. The van der Waals surface area contributed by atoms with Crippen LogP contribution >= 0.6 is 58.0 Å². The lowest BCUT2D eigenvalue weighted by Crippen LogP contribution is -2.31. The number of nitrogens with zero attached hydrogens (tertiary/aromatic N) is 2. The monoisotopic (exact) mass is 818 g/mol. The molecule has 5 aromatic carbocycles. The molecule has 0 fully saturated rings. The summed E-state index contributed by atoms with van der Waals surface area (Å²) in [6, 6.07) is 22.2. The van der Waals surface area contributed by atoms with Crippen molar-refractivity contribution in [3.8, 4) is 5.75 Å². The van der Waals surface area contributed by atoms with Crippen LogP contribution < -0.4 is 0 Å². The van der Waals surface area contributed by atoms with Crippen LogP contribution in [0.1, 0.15) is 22.3 Å². The van der Waals surface area contributed by atoms with E-state index in [1.54, 1.807) is 24.3 Å². The van der Waals surface area contributed by atoms with Crippen molar-refractivity contribution < 1.29 is 30.7 Å². The molecule has 0 bridgehead atoms. The molecule has 5 aromatic rings. The van der Waals surface area contributed by atoms with Crippen LogP contribution in [0, 0.1) is 11.6 Å². The highest BCUT2D eigenvalue weighted by molar-refractivity contribution is 7.89. The lowest BCUT2D eigenvalue weighted by molar-refractivity contribution is 0.392. The molecule has 1 N–H and O–H groups in total. The molecule has 16 heteroatoms. The van der Waals surface area contributed by atoms with Crippen LogP contribution in [0.15, 0.2) is 107 Å². The van der Waals surface area contributed by atoms with Crippen molar-refractivity contribution in [2.45, 2.75) is 36.0 Å². The number of hydrogen-bond acceptors (Lipinski definition) is 5. The van der Waals surface area contributed by atoms with Gasteiger partial charge in [-0.05, 0) is 82.9 Å². The van der Waals surface area contributed by atoms with Crippen LogP contribution in [-0.2, 0) is 46.2 Å². The van der Waals surface area contributed by atoms with E-state index in [2.05, 4.69) is 0 Å². The van der Waals surface area contributed by atoms with Crippen LogP contribution in [0.2, 0.25) is 25.1 Å². The Balaban J connectivity index is 1.55. The maximum absolute atomic E-state index is 14.2. The Morgan fingerprint density at radius 1 is 0.540 bits per heavy atom. The van der Waals surface area contributed by atoms with Crippen LogP contribution in [0.5, 0.6) is 5.75 Å². The van der Waals surface area contributed by atoms with Gasteiger partial charge in [0.2, 0.25) is 20.0 Å². The van der Waals surface area contributed by atoms with Crippen LogP contribution in [0.4, 0.5) is 8.78 Å². The van der Waals surface area contributed by atoms with Gasteiger partial charge in [-0.15, -0.1) is 0 Å². The molecule has 0 aromatic heterocycles. The summed E-state index contributed by atoms with van der Waals surface area (Å²) in [4.78, 5) is -0.575. The molecule has 0 saturated heterocycles. The molecule has 0 spiro atoms. The zero-order valence-corrected chi connectivity index (χ0v) is 30.9. The van der Waals surface area contributed by atoms with E-state index in [4.69, 9.17) is 58.0 Å². The molecule has 50 heavy (non-hydrogen) atoms. The van der Waals surface area contributed by atoms with Crippen molar-refractivity contribution >= 4 is 78.1 Å². The van der Waals surface area contributed by atoms with Gasteiger partial charge in [0.05, 0.1) is 20.0 Å². The fourth-order valence-electron chi connectivity index (χ4n) is 5.07. The van der Waals surface area contributed by atoms with Crippen molar-refractivity contribution in [2.24, 2.45) is 0 Å². The van der Waals surface area contributed by atoms with E-state index >= 15 is 0 Å². The second-order valence-corrected chi connectivity index (χ2v) is 17.0. The molecule has 262 valence electrons. The number of phenolic OH excluding ortho intramolecular Hbond substituents is 1. The molecule has 0 heterocycles. The van der Waals surface area contributed by atoms with E-state index in [-0.39, 0.29) is 56.2 Å². The molecule has 0 unspecified atom stereocenters. The van der Waals surface area contributed by atoms with Crippen molar-refractivity contribution in [2.75, 3.05) is 0 Å². The summed E-state index contributed by atoms with van der Waals surface area (Å²) in [5, 5.41) is 9.90. The quantitative estimate of drug-likeness (QED) is 0.127. The Hall–Kier alpha value is -2.97. The third-order valence-electron chi connectivity index (χ3n) is 7.40. The van der Waals surface area contributed by atoms with Gasteiger partial charge >= 0.3 is 0 Å². The fourth-order valence-corrected chi connectivity index (χ4v) is 9.49. The smallest absolute Gasteiger partial charge is 0.247 e. The van der Waals surface area contributed by atoms with Gasteiger partial charge in [-0.2, -0.15) is 8.61 Å². The summed E-state index contributed by atoms with van der Waals surface area (Å²) in [5.41, 5.74) is 1.44. The van der Waals surface area contributed by atoms with E-state index in [1.807, 2.05) is 0 Å². The Bertz CT molecular complexity index is 2240. The molecule has 0 aliphatic heterocycles. The second kappa shape index (κ2) is 15.7. The molecule has 5 rings (SSSR count). The number of hydrogen-bond donors (Lipinski definition) is 1. The normalized spacial score (nSPS) is 12.2. The number of halogens is 7. The minimum atomic E-state index is -4.53. The van der Waals surface area contributed by atoms with E-state index in [0.29, 0.717) is 22.3 Å². The van der Waals surface area contributed by atoms with Gasteiger partial charge in [-0.1, -0.05) is 94.4 Å². The predicted octanol–water partition coefficient (Wildman–Crippen LogP) is 9.72. The zero-order valence-electron chi connectivity index (χ0n) is 25.5. The first-order valence-corrected chi connectivity index (χ1v) is 19.2. The molecule has 0 radical (unpaired) electrons. The SMILES string of the molecule is O=S(=O)(c1ccccc1)N(Cc1cc(Cl)cc(CN(Cc2ccc(F)cc2)S(=O)(=O)c2cc(Cl)cc(Cl)c2O)c1)Cc1cc(Cl)c(F)c(Cl)c1. The van der Waals surface area contributed by atoms with E-state index in [9.17, 15) is 30.7 Å². The number of benzene rings is 5. The summed E-state index contributed by atoms with van der Waals surface area (Å²) >= 11 is 30.7. The van der Waals surface area contributed by atoms with Gasteiger partial charge in [-0.3, -0.25) is 0 Å². The van der Waals surface area contributed by atoms with Crippen LogP contribution in [0.25, 0.3) is 0 Å². The summed E-state index contributed by atoms with van der Waals surface area (Å²) in [6.07, 6.45) is 0. The largest absolute Gasteiger partial charge is 0.505 e. The first-order chi connectivity index (χ1) is 23.5. The van der Waals surface area contributed by atoms with Crippen molar-refractivity contribution in [3.63, 3.8) is 0 Å². The average Bonchev–Trinajstić information content (AvgIpc) is 3.05. The minimum absolute atomic E-state index is 0.0156. The number of phenols is 1. The zero-order chi connectivity index (χ0) is 36.4. The molecular formula is C34H25Cl5F2N2O5S2. The van der Waals surface area contributed by atoms with Crippen molar-refractivity contribution in [3.05, 3.63) is 156 Å². The van der Waals surface area contributed by atoms with Gasteiger partial charge in [0.1, 0.15) is 10.7 Å². The fraction of sp³-hybridized carbons (Fsp3) is 0.118. The highest BCUT2D eigenvalue weighted by Crippen LogP contribution is 2.37. The Morgan fingerprint density at radius 3 is 1.58 bits per heavy atom. The Kier molecular flexibility index (Phi) is 12.0. The standard InChI is InChI=1S/C34H25Cl5F2N2O5S2/c35-25-11-22(18-42(49(45,46)28-4-2-1-3-5-28)20-24-13-29(37)33(41)30(38)14-24)10-23(12-25)19-43(17-21-6-8-27(40)9-7-21)50(47,48)32-16-26(36)15-31(39)34(32)44/h1-16,44H,17-20H2. The summed E-state index contributed by atoms with van der Waals surface area (Å²) < 4.78 is 86.0. The molecular weight excluding hydrogens is 796 g/mol. The van der Waals surface area contributed by atoms with Crippen LogP contribution in [0.3, 0.4) is 0 Å². The van der Waals surface area contributed by atoms with E-state index in [1.165, 1.54) is 66.7 Å². The number of aromatic hydroxyl groups is 1. The summed E-state index contributed by atoms with van der Waals surface area (Å²) in [7, 11) is -8.71. The lowest BCUT2D eigenvalue weighted by atomic mass is 10.1.